The highest BCUT2D eigenvalue weighted by atomic mass is 79.9. The zero-order valence-electron chi connectivity index (χ0n) is 10.5. The number of hydrogen-bond acceptors (Lipinski definition) is 2. The number of carbonyl (C=O) groups is 1. The fourth-order valence-electron chi connectivity index (χ4n) is 2.13. The third kappa shape index (κ3) is 3.60. The van der Waals surface area contributed by atoms with Crippen molar-refractivity contribution < 1.29 is 4.79 Å². The molecule has 0 fully saturated rings. The van der Waals surface area contributed by atoms with Gasteiger partial charge >= 0.3 is 0 Å². The molecule has 0 radical (unpaired) electrons. The second-order valence-corrected chi connectivity index (χ2v) is 6.60. The number of thiophene rings is 1. The highest BCUT2D eigenvalue weighted by molar-refractivity contribution is 9.11. The van der Waals surface area contributed by atoms with Crippen molar-refractivity contribution in [1.82, 2.24) is 0 Å². The molecule has 1 aromatic rings. The van der Waals surface area contributed by atoms with Gasteiger partial charge in [-0.25, -0.2) is 0 Å². The van der Waals surface area contributed by atoms with Gasteiger partial charge in [0.25, 0.3) is 0 Å². The van der Waals surface area contributed by atoms with E-state index in [2.05, 4.69) is 40.9 Å². The molecular formula is C15H14BrClOS. The fourth-order valence-corrected chi connectivity index (χ4v) is 3.85. The number of alkyl halides is 1. The molecule has 1 nitrogen and oxygen atoms in total. The van der Waals surface area contributed by atoms with Gasteiger partial charge < -0.3 is 0 Å². The SMILES string of the molecule is C#C.C/C=C(\C=C/CCl)C1CC(=O)c2sc(Br)cc21. The van der Waals surface area contributed by atoms with Crippen molar-refractivity contribution in [1.29, 1.82) is 0 Å². The van der Waals surface area contributed by atoms with Crippen LogP contribution >= 0.6 is 38.9 Å². The smallest absolute Gasteiger partial charge is 0.174 e. The number of Topliss-reactive ketones (excluding diaryl/α,β-unsaturated/α-hetero) is 1. The summed E-state index contributed by atoms with van der Waals surface area (Å²) in [5.74, 6) is 0.946. The molecular weight excluding hydrogens is 344 g/mol. The molecule has 4 heteroatoms. The number of ketones is 1. The van der Waals surface area contributed by atoms with E-state index in [-0.39, 0.29) is 11.7 Å². The summed E-state index contributed by atoms with van der Waals surface area (Å²) in [6.45, 7) is 2.00. The molecule has 0 spiro atoms. The first kappa shape index (κ1) is 16.2. The van der Waals surface area contributed by atoms with Crippen LogP contribution in [-0.2, 0) is 0 Å². The average molecular weight is 358 g/mol. The topological polar surface area (TPSA) is 17.1 Å². The molecule has 1 aliphatic carbocycles. The van der Waals surface area contributed by atoms with Crippen molar-refractivity contribution in [3.63, 3.8) is 0 Å². The molecule has 0 bridgehead atoms. The number of halogens is 2. The van der Waals surface area contributed by atoms with Gasteiger partial charge in [0.1, 0.15) is 0 Å². The van der Waals surface area contributed by atoms with E-state index >= 15 is 0 Å². The third-order valence-corrected chi connectivity index (χ3v) is 4.76. The molecule has 0 aromatic carbocycles. The van der Waals surface area contributed by atoms with Crippen molar-refractivity contribution >= 4 is 44.7 Å². The van der Waals surface area contributed by atoms with Gasteiger partial charge in [0, 0.05) is 18.2 Å². The van der Waals surface area contributed by atoms with Crippen molar-refractivity contribution in [2.75, 3.05) is 5.88 Å². The zero-order chi connectivity index (χ0) is 14.4. The molecule has 0 N–H and O–H groups in total. The lowest BCUT2D eigenvalue weighted by Gasteiger charge is -2.10. The van der Waals surface area contributed by atoms with Crippen LogP contribution in [0.25, 0.3) is 0 Å². The molecule has 0 amide bonds. The Morgan fingerprint density at radius 3 is 2.89 bits per heavy atom. The normalized spacial score (nSPS) is 18.3. The molecule has 1 heterocycles. The zero-order valence-corrected chi connectivity index (χ0v) is 13.7. The Hall–Kier alpha value is -0.820. The standard InChI is InChI=1S/C13H12BrClOS.C2H2/c1-2-8(4-3-5-15)9-6-11(16)13-10(9)7-12(14)17-13;1-2/h2-4,7,9H,5-6H2,1H3;1-2H/b4-3-,8-2+;. The minimum Gasteiger partial charge on any atom is -0.293 e. The molecule has 0 saturated heterocycles. The van der Waals surface area contributed by atoms with Gasteiger partial charge in [-0.3, -0.25) is 4.79 Å². The van der Waals surface area contributed by atoms with E-state index in [1.54, 1.807) is 0 Å². The Morgan fingerprint density at radius 2 is 2.32 bits per heavy atom. The summed E-state index contributed by atoms with van der Waals surface area (Å²) in [5.41, 5.74) is 2.32. The van der Waals surface area contributed by atoms with E-state index in [0.717, 1.165) is 14.2 Å². The lowest BCUT2D eigenvalue weighted by atomic mass is 9.93. The van der Waals surface area contributed by atoms with Gasteiger partial charge in [-0.1, -0.05) is 18.2 Å². The van der Waals surface area contributed by atoms with Crippen LogP contribution in [0.2, 0.25) is 0 Å². The van der Waals surface area contributed by atoms with Crippen molar-refractivity contribution in [2.24, 2.45) is 0 Å². The number of fused-ring (bicyclic) bond motifs is 1. The van der Waals surface area contributed by atoms with Gasteiger partial charge in [-0.05, 0) is 40.1 Å². The van der Waals surface area contributed by atoms with Crippen LogP contribution in [0.5, 0.6) is 0 Å². The lowest BCUT2D eigenvalue weighted by Crippen LogP contribution is -1.97. The number of hydrogen-bond donors (Lipinski definition) is 0. The molecule has 19 heavy (non-hydrogen) atoms. The summed E-state index contributed by atoms with van der Waals surface area (Å²) in [4.78, 5) is 12.8. The van der Waals surface area contributed by atoms with Gasteiger partial charge in [0.2, 0.25) is 0 Å². The Bertz CT molecular complexity index is 540. The monoisotopic (exact) mass is 356 g/mol. The lowest BCUT2D eigenvalue weighted by molar-refractivity contribution is 0.0994. The van der Waals surface area contributed by atoms with E-state index in [0.29, 0.717) is 12.3 Å². The molecule has 2 rings (SSSR count). The first-order valence-electron chi connectivity index (χ1n) is 5.71. The van der Waals surface area contributed by atoms with Crippen LogP contribution < -0.4 is 0 Å². The van der Waals surface area contributed by atoms with Crippen molar-refractivity contribution in [3.05, 3.63) is 44.1 Å². The van der Waals surface area contributed by atoms with Crippen LogP contribution in [0.3, 0.4) is 0 Å². The molecule has 100 valence electrons. The Morgan fingerprint density at radius 1 is 1.63 bits per heavy atom. The molecule has 0 aliphatic heterocycles. The second kappa shape index (κ2) is 7.69. The highest BCUT2D eigenvalue weighted by Crippen LogP contribution is 2.44. The minimum atomic E-state index is 0.199. The van der Waals surface area contributed by atoms with Crippen LogP contribution in [0, 0.1) is 12.8 Å². The van der Waals surface area contributed by atoms with Gasteiger partial charge in [-0.2, -0.15) is 0 Å². The summed E-state index contributed by atoms with van der Waals surface area (Å²) < 4.78 is 1.03. The Kier molecular flexibility index (Phi) is 6.57. The Labute approximate surface area is 131 Å². The predicted molar refractivity (Wildman–Crippen MR) is 87.2 cm³/mol. The summed E-state index contributed by atoms with van der Waals surface area (Å²) in [6.07, 6.45) is 14.6. The highest BCUT2D eigenvalue weighted by Gasteiger charge is 2.32. The van der Waals surface area contributed by atoms with Crippen LogP contribution in [0.1, 0.15) is 34.5 Å². The number of rotatable bonds is 3. The van der Waals surface area contributed by atoms with Gasteiger partial charge in [0.15, 0.2) is 5.78 Å². The first-order valence-corrected chi connectivity index (χ1v) is 7.86. The third-order valence-electron chi connectivity index (χ3n) is 2.88. The van der Waals surface area contributed by atoms with E-state index in [1.807, 2.05) is 19.1 Å². The number of allylic oxidation sites excluding steroid dienone is 4. The summed E-state index contributed by atoms with van der Waals surface area (Å²) in [6, 6.07) is 2.06. The summed E-state index contributed by atoms with van der Waals surface area (Å²) >= 11 is 10.6. The molecule has 0 saturated carbocycles. The van der Waals surface area contributed by atoms with Gasteiger partial charge in [-0.15, -0.1) is 35.8 Å². The largest absolute Gasteiger partial charge is 0.293 e. The maximum atomic E-state index is 11.9. The van der Waals surface area contributed by atoms with E-state index in [9.17, 15) is 4.79 Å². The molecule has 1 aromatic heterocycles. The molecule has 1 atom stereocenters. The molecule has 1 aliphatic rings. The average Bonchev–Trinajstić information content (AvgIpc) is 2.93. The van der Waals surface area contributed by atoms with Gasteiger partial charge in [0.05, 0.1) is 8.66 Å². The quantitative estimate of drug-likeness (QED) is 0.414. The summed E-state index contributed by atoms with van der Waals surface area (Å²) in [5, 5.41) is 0. The number of carbonyl (C=O) groups excluding carboxylic acids is 1. The fraction of sp³-hybridized carbons (Fsp3) is 0.267. The van der Waals surface area contributed by atoms with Crippen molar-refractivity contribution in [2.45, 2.75) is 19.3 Å². The maximum Gasteiger partial charge on any atom is 0.174 e. The van der Waals surface area contributed by atoms with Crippen molar-refractivity contribution in [3.8, 4) is 12.8 Å². The number of terminal acetylenes is 1. The van der Waals surface area contributed by atoms with Crippen LogP contribution in [0.4, 0.5) is 0 Å². The van der Waals surface area contributed by atoms with Crippen LogP contribution in [0.15, 0.2) is 33.7 Å². The van der Waals surface area contributed by atoms with E-state index < -0.39 is 0 Å². The van der Waals surface area contributed by atoms with E-state index in [1.165, 1.54) is 16.9 Å². The second-order valence-electron chi connectivity index (χ2n) is 3.86. The Balaban J connectivity index is 0.000000861. The summed E-state index contributed by atoms with van der Waals surface area (Å²) in [7, 11) is 0. The first-order chi connectivity index (χ1) is 9.17. The minimum absolute atomic E-state index is 0.199. The predicted octanol–water partition coefficient (Wildman–Crippen LogP) is 5.17. The van der Waals surface area contributed by atoms with E-state index in [4.69, 9.17) is 11.6 Å². The van der Waals surface area contributed by atoms with Crippen LogP contribution in [-0.4, -0.2) is 11.7 Å². The maximum absolute atomic E-state index is 11.9. The molecule has 1 unspecified atom stereocenters.